The number of nitrogens with zero attached hydrogens (tertiary/aromatic N) is 1. The third kappa shape index (κ3) is 4.26. The van der Waals surface area contributed by atoms with Crippen molar-refractivity contribution in [2.75, 3.05) is 14.2 Å². The van der Waals surface area contributed by atoms with Gasteiger partial charge in [0.25, 0.3) is 5.91 Å². The molecule has 2 N–H and O–H groups in total. The Bertz CT molecular complexity index is 1170. The first kappa shape index (κ1) is 22.0. The van der Waals surface area contributed by atoms with Gasteiger partial charge in [0.05, 0.1) is 23.6 Å². The van der Waals surface area contributed by atoms with Crippen LogP contribution in [0.3, 0.4) is 0 Å². The number of hydrogen-bond acceptors (Lipinski definition) is 4. The van der Waals surface area contributed by atoms with Gasteiger partial charge in [-0.3, -0.25) is 4.79 Å². The topological polar surface area (TPSA) is 89.7 Å². The molecular weight excluding hydrogens is 468 g/mol. The van der Waals surface area contributed by atoms with Gasteiger partial charge in [0, 0.05) is 11.5 Å². The molecule has 0 saturated carbocycles. The van der Waals surface area contributed by atoms with Crippen molar-refractivity contribution in [3.05, 3.63) is 94.0 Å². The van der Waals surface area contributed by atoms with E-state index < -0.39 is 22.0 Å². The molecule has 0 fully saturated rings. The minimum atomic E-state index is -3.98. The first-order valence-corrected chi connectivity index (χ1v) is 11.3. The maximum Gasteiger partial charge on any atom is 0.252 e. The Labute approximate surface area is 184 Å². The highest BCUT2D eigenvalue weighted by molar-refractivity contribution is 9.10. The summed E-state index contributed by atoms with van der Waals surface area (Å²) in [5.41, 5.74) is 7.01. The van der Waals surface area contributed by atoms with Gasteiger partial charge in [-0.25, -0.2) is 8.42 Å². The molecular formula is C22H21BrN2O4S. The van der Waals surface area contributed by atoms with Crippen LogP contribution in [0.5, 0.6) is 5.75 Å². The van der Waals surface area contributed by atoms with E-state index in [0.717, 1.165) is 15.6 Å². The number of halogens is 1. The molecule has 6 nitrogen and oxygen atoms in total. The molecule has 156 valence electrons. The average molecular weight is 489 g/mol. The van der Waals surface area contributed by atoms with Gasteiger partial charge in [-0.05, 0) is 35.4 Å². The molecule has 0 radical (unpaired) electrons. The zero-order valence-electron chi connectivity index (χ0n) is 16.4. The van der Waals surface area contributed by atoms with Gasteiger partial charge in [-0.15, -0.1) is 0 Å². The Hall–Kier alpha value is -2.68. The summed E-state index contributed by atoms with van der Waals surface area (Å²) in [5.74, 6) is -0.550. The molecule has 1 unspecified atom stereocenters. The Morgan fingerprint density at radius 3 is 2.27 bits per heavy atom. The molecule has 30 heavy (non-hydrogen) atoms. The molecule has 3 rings (SSSR count). The average Bonchev–Trinajstić information content (AvgIpc) is 2.75. The number of rotatable bonds is 7. The number of methoxy groups -OCH3 is 1. The van der Waals surface area contributed by atoms with Crippen molar-refractivity contribution < 1.29 is 17.9 Å². The van der Waals surface area contributed by atoms with Crippen LogP contribution in [0.1, 0.15) is 27.5 Å². The Morgan fingerprint density at radius 1 is 1.03 bits per heavy atom. The zero-order chi connectivity index (χ0) is 21.9. The Morgan fingerprint density at radius 2 is 1.67 bits per heavy atom. The Balaban J connectivity index is 2.15. The van der Waals surface area contributed by atoms with E-state index in [1.165, 1.54) is 36.7 Å². The predicted molar refractivity (Wildman–Crippen MR) is 119 cm³/mol. The van der Waals surface area contributed by atoms with Crippen molar-refractivity contribution in [1.29, 1.82) is 0 Å². The summed E-state index contributed by atoms with van der Waals surface area (Å²) in [6, 6.07) is 20.3. The van der Waals surface area contributed by atoms with Crippen molar-refractivity contribution >= 4 is 31.9 Å². The predicted octanol–water partition coefficient (Wildman–Crippen LogP) is 3.97. The van der Waals surface area contributed by atoms with Crippen LogP contribution >= 0.6 is 15.9 Å². The number of sulfonamides is 1. The summed E-state index contributed by atoms with van der Waals surface area (Å²) in [7, 11) is -1.08. The third-order valence-corrected chi connectivity index (χ3v) is 7.33. The largest absolute Gasteiger partial charge is 0.496 e. The van der Waals surface area contributed by atoms with Gasteiger partial charge < -0.3 is 10.5 Å². The van der Waals surface area contributed by atoms with E-state index >= 15 is 0 Å². The fourth-order valence-corrected chi connectivity index (χ4v) is 5.12. The van der Waals surface area contributed by atoms with Crippen LogP contribution in [0.4, 0.5) is 0 Å². The second-order valence-corrected chi connectivity index (χ2v) is 9.43. The summed E-state index contributed by atoms with van der Waals surface area (Å²) < 4.78 is 34.2. The minimum absolute atomic E-state index is 0.00382. The van der Waals surface area contributed by atoms with Crippen molar-refractivity contribution in [1.82, 2.24) is 4.31 Å². The summed E-state index contributed by atoms with van der Waals surface area (Å²) >= 11 is 3.54. The molecule has 0 bridgehead atoms. The monoisotopic (exact) mass is 488 g/mol. The normalized spacial score (nSPS) is 12.5. The number of nitrogens with two attached hydrogens (primary N) is 1. The summed E-state index contributed by atoms with van der Waals surface area (Å²) in [6.07, 6.45) is 0. The van der Waals surface area contributed by atoms with Crippen molar-refractivity contribution in [2.45, 2.75) is 10.9 Å². The number of carbonyl (C=O) groups is 1. The standard InChI is InChI=1S/C22H21BrN2O4S/c1-25(30(27,28)16-12-13-20(29-2)18(14-16)22(24)26)21(15-8-4-3-5-9-15)17-10-6-7-11-19(17)23/h3-14,21H,1-2H3,(H2,24,26). The van der Waals surface area contributed by atoms with Gasteiger partial charge in [-0.1, -0.05) is 64.5 Å². The molecule has 3 aromatic carbocycles. The number of ether oxygens (including phenoxy) is 1. The van der Waals surface area contributed by atoms with E-state index in [1.807, 2.05) is 54.6 Å². The lowest BCUT2D eigenvalue weighted by Gasteiger charge is -2.29. The van der Waals surface area contributed by atoms with E-state index in [9.17, 15) is 13.2 Å². The van der Waals surface area contributed by atoms with Crippen molar-refractivity contribution in [2.24, 2.45) is 5.73 Å². The van der Waals surface area contributed by atoms with Crippen molar-refractivity contribution in [3.8, 4) is 5.75 Å². The van der Waals surface area contributed by atoms with Crippen LogP contribution in [0.25, 0.3) is 0 Å². The zero-order valence-corrected chi connectivity index (χ0v) is 18.9. The molecule has 0 saturated heterocycles. The number of benzene rings is 3. The summed E-state index contributed by atoms with van der Waals surface area (Å²) in [5, 5.41) is 0. The quantitative estimate of drug-likeness (QED) is 0.544. The molecule has 0 aliphatic carbocycles. The highest BCUT2D eigenvalue weighted by Crippen LogP contribution is 2.36. The molecule has 0 aliphatic heterocycles. The van der Waals surface area contributed by atoms with E-state index in [1.54, 1.807) is 0 Å². The number of hydrogen-bond donors (Lipinski definition) is 1. The van der Waals surface area contributed by atoms with Crippen LogP contribution < -0.4 is 10.5 Å². The van der Waals surface area contributed by atoms with Crippen LogP contribution in [-0.2, 0) is 10.0 Å². The van der Waals surface area contributed by atoms with Crippen molar-refractivity contribution in [3.63, 3.8) is 0 Å². The lowest BCUT2D eigenvalue weighted by molar-refractivity contribution is 0.0997. The maximum absolute atomic E-state index is 13.5. The smallest absolute Gasteiger partial charge is 0.252 e. The first-order chi connectivity index (χ1) is 14.3. The van der Waals surface area contributed by atoms with Gasteiger partial charge in [-0.2, -0.15) is 4.31 Å². The first-order valence-electron chi connectivity index (χ1n) is 9.02. The molecule has 3 aromatic rings. The van der Waals surface area contributed by atoms with Crippen LogP contribution in [0.2, 0.25) is 0 Å². The molecule has 0 heterocycles. The fourth-order valence-electron chi connectivity index (χ4n) is 3.26. The molecule has 0 aromatic heterocycles. The van der Waals surface area contributed by atoms with Gasteiger partial charge in [0.1, 0.15) is 5.75 Å². The van der Waals surface area contributed by atoms with E-state index in [0.29, 0.717) is 0 Å². The highest BCUT2D eigenvalue weighted by Gasteiger charge is 2.32. The number of carbonyl (C=O) groups excluding carboxylic acids is 1. The van der Waals surface area contributed by atoms with Crippen LogP contribution in [0, 0.1) is 0 Å². The number of amides is 1. The highest BCUT2D eigenvalue weighted by atomic mass is 79.9. The third-order valence-electron chi connectivity index (χ3n) is 4.79. The molecule has 8 heteroatoms. The van der Waals surface area contributed by atoms with E-state index in [4.69, 9.17) is 10.5 Å². The summed E-state index contributed by atoms with van der Waals surface area (Å²) in [4.78, 5) is 11.7. The van der Waals surface area contributed by atoms with Gasteiger partial charge in [0.2, 0.25) is 10.0 Å². The number of primary amides is 1. The van der Waals surface area contributed by atoms with E-state index in [2.05, 4.69) is 15.9 Å². The van der Waals surface area contributed by atoms with Crippen LogP contribution in [0.15, 0.2) is 82.2 Å². The van der Waals surface area contributed by atoms with E-state index in [-0.39, 0.29) is 16.2 Å². The van der Waals surface area contributed by atoms with Gasteiger partial charge in [0.15, 0.2) is 0 Å². The second kappa shape index (κ2) is 8.99. The van der Waals surface area contributed by atoms with Crippen LogP contribution in [-0.4, -0.2) is 32.8 Å². The molecule has 0 spiro atoms. The SMILES string of the molecule is COc1ccc(S(=O)(=O)N(C)C(c2ccccc2)c2ccccc2Br)cc1C(N)=O. The molecule has 1 amide bonds. The lowest BCUT2D eigenvalue weighted by atomic mass is 9.99. The molecule has 0 aliphatic rings. The van der Waals surface area contributed by atoms with Gasteiger partial charge >= 0.3 is 0 Å². The lowest BCUT2D eigenvalue weighted by Crippen LogP contribution is -2.32. The fraction of sp³-hybridized carbons (Fsp3) is 0.136. The summed E-state index contributed by atoms with van der Waals surface area (Å²) in [6.45, 7) is 0. The maximum atomic E-state index is 13.5. The minimum Gasteiger partial charge on any atom is -0.496 e. The second-order valence-electron chi connectivity index (χ2n) is 6.58. The molecule has 1 atom stereocenters. The Kier molecular flexibility index (Phi) is 6.60.